The van der Waals surface area contributed by atoms with Crippen LogP contribution in [0.3, 0.4) is 0 Å². The first-order chi connectivity index (χ1) is 6.15. The van der Waals surface area contributed by atoms with Crippen molar-refractivity contribution in [2.24, 2.45) is 0 Å². The highest BCUT2D eigenvalue weighted by molar-refractivity contribution is 8.00. The molecule has 72 valence electrons. The number of halogens is 1. The molecule has 4 nitrogen and oxygen atoms in total. The fraction of sp³-hybridized carbons (Fsp3) is 0.429. The van der Waals surface area contributed by atoms with Crippen LogP contribution in [-0.2, 0) is 0 Å². The molecule has 2 N–H and O–H groups in total. The molecule has 0 amide bonds. The number of aromatic amines is 1. The van der Waals surface area contributed by atoms with Crippen molar-refractivity contribution in [1.29, 1.82) is 0 Å². The predicted octanol–water partition coefficient (Wildman–Crippen LogP) is 0.896. The Morgan fingerprint density at radius 3 is 3.15 bits per heavy atom. The Morgan fingerprint density at radius 1 is 1.85 bits per heavy atom. The zero-order chi connectivity index (χ0) is 9.84. The molecule has 1 heterocycles. The third kappa shape index (κ3) is 2.72. The quantitative estimate of drug-likeness (QED) is 0.587. The van der Waals surface area contributed by atoms with Crippen molar-refractivity contribution < 1.29 is 5.11 Å². The zero-order valence-electron chi connectivity index (χ0n) is 6.95. The maximum Gasteiger partial charge on any atom is 0.270 e. The maximum absolute atomic E-state index is 11.0. The molecule has 1 rings (SSSR count). The van der Waals surface area contributed by atoms with Crippen LogP contribution in [0.25, 0.3) is 0 Å². The molecule has 0 saturated carbocycles. The molecular weight excluding hydrogens is 212 g/mol. The van der Waals surface area contributed by atoms with Crippen LogP contribution in [0.4, 0.5) is 0 Å². The van der Waals surface area contributed by atoms with Crippen molar-refractivity contribution in [3.63, 3.8) is 0 Å². The fourth-order valence-corrected chi connectivity index (χ4v) is 1.68. The Labute approximate surface area is 84.3 Å². The van der Waals surface area contributed by atoms with Crippen LogP contribution in [-0.4, -0.2) is 26.9 Å². The lowest BCUT2D eigenvalue weighted by Crippen LogP contribution is -2.10. The van der Waals surface area contributed by atoms with Crippen LogP contribution in [0.1, 0.15) is 6.92 Å². The Morgan fingerprint density at radius 2 is 2.54 bits per heavy atom. The first kappa shape index (κ1) is 10.6. The third-order valence-electron chi connectivity index (χ3n) is 1.33. The Kier molecular flexibility index (Phi) is 3.77. The van der Waals surface area contributed by atoms with E-state index in [1.54, 1.807) is 0 Å². The number of aliphatic hydroxyl groups excluding tert-OH is 1. The van der Waals surface area contributed by atoms with E-state index in [1.807, 2.05) is 6.92 Å². The predicted molar refractivity (Wildman–Crippen MR) is 52.3 cm³/mol. The number of hydrogen-bond donors (Lipinski definition) is 2. The molecule has 0 aliphatic rings. The molecule has 0 radical (unpaired) electrons. The number of aromatic nitrogens is 2. The summed E-state index contributed by atoms with van der Waals surface area (Å²) in [6.45, 7) is 1.85. The third-order valence-corrected chi connectivity index (χ3v) is 2.88. The van der Waals surface area contributed by atoms with E-state index in [-0.39, 0.29) is 22.4 Å². The summed E-state index contributed by atoms with van der Waals surface area (Å²) in [6.07, 6.45) is 1.29. The zero-order valence-corrected chi connectivity index (χ0v) is 8.52. The molecule has 1 aromatic heterocycles. The number of nitrogens with zero attached hydrogens (tertiary/aromatic N) is 1. The lowest BCUT2D eigenvalue weighted by Gasteiger charge is -2.06. The number of H-pyrrole nitrogens is 1. The molecule has 0 aromatic carbocycles. The van der Waals surface area contributed by atoms with Gasteiger partial charge in [-0.05, 0) is 0 Å². The van der Waals surface area contributed by atoms with Crippen molar-refractivity contribution in [3.8, 4) is 0 Å². The molecule has 0 saturated heterocycles. The average molecular weight is 221 g/mol. The molecule has 1 aromatic rings. The maximum atomic E-state index is 11.0. The van der Waals surface area contributed by atoms with Gasteiger partial charge in [-0.25, -0.2) is 4.98 Å². The van der Waals surface area contributed by atoms with E-state index >= 15 is 0 Å². The van der Waals surface area contributed by atoms with Crippen molar-refractivity contribution in [2.45, 2.75) is 17.2 Å². The standard InChI is InChI=1S/C7H9ClN2O2S/c1-4(2-11)13-7-5(8)6(12)9-3-10-7/h3-4,11H,2H2,1H3,(H,9,10,12). The number of nitrogens with one attached hydrogen (secondary N) is 1. The van der Waals surface area contributed by atoms with Gasteiger partial charge >= 0.3 is 0 Å². The average Bonchev–Trinajstić information content (AvgIpc) is 2.13. The monoisotopic (exact) mass is 220 g/mol. The minimum absolute atomic E-state index is 0.0215. The van der Waals surface area contributed by atoms with Gasteiger partial charge in [0.1, 0.15) is 10.0 Å². The molecule has 0 aliphatic heterocycles. The van der Waals surface area contributed by atoms with Gasteiger partial charge in [0, 0.05) is 5.25 Å². The summed E-state index contributed by atoms with van der Waals surface area (Å²) in [5, 5.41) is 9.28. The largest absolute Gasteiger partial charge is 0.395 e. The minimum atomic E-state index is -0.357. The Hall–Kier alpha value is -0.520. The first-order valence-corrected chi connectivity index (χ1v) is 4.91. The summed E-state index contributed by atoms with van der Waals surface area (Å²) in [7, 11) is 0. The summed E-state index contributed by atoms with van der Waals surface area (Å²) < 4.78 is 0. The number of thioether (sulfide) groups is 1. The fourth-order valence-electron chi connectivity index (χ4n) is 0.677. The van der Waals surface area contributed by atoms with E-state index in [1.165, 1.54) is 18.1 Å². The Balaban J connectivity index is 2.89. The molecule has 0 fully saturated rings. The van der Waals surface area contributed by atoms with E-state index in [4.69, 9.17) is 16.7 Å². The topological polar surface area (TPSA) is 66.0 Å². The highest BCUT2D eigenvalue weighted by Crippen LogP contribution is 2.24. The van der Waals surface area contributed by atoms with Gasteiger partial charge in [0.2, 0.25) is 0 Å². The van der Waals surface area contributed by atoms with Crippen LogP contribution in [0.5, 0.6) is 0 Å². The molecule has 0 bridgehead atoms. The van der Waals surface area contributed by atoms with Crippen LogP contribution in [0.2, 0.25) is 5.02 Å². The van der Waals surface area contributed by atoms with E-state index in [9.17, 15) is 4.79 Å². The smallest absolute Gasteiger partial charge is 0.270 e. The van der Waals surface area contributed by atoms with Gasteiger partial charge in [0.15, 0.2) is 0 Å². The summed E-state index contributed by atoms with van der Waals surface area (Å²) in [5.74, 6) is 0. The van der Waals surface area contributed by atoms with Crippen LogP contribution in [0, 0.1) is 0 Å². The summed E-state index contributed by atoms with van der Waals surface area (Å²) >= 11 is 6.96. The second kappa shape index (κ2) is 4.64. The molecule has 0 aliphatic carbocycles. The Bertz CT molecular complexity index is 342. The van der Waals surface area contributed by atoms with Crippen LogP contribution < -0.4 is 5.56 Å². The molecule has 6 heteroatoms. The lowest BCUT2D eigenvalue weighted by molar-refractivity contribution is 0.300. The van der Waals surface area contributed by atoms with Crippen molar-refractivity contribution in [3.05, 3.63) is 21.7 Å². The highest BCUT2D eigenvalue weighted by atomic mass is 35.5. The first-order valence-electron chi connectivity index (χ1n) is 3.66. The van der Waals surface area contributed by atoms with Gasteiger partial charge in [-0.2, -0.15) is 0 Å². The number of hydrogen-bond acceptors (Lipinski definition) is 4. The van der Waals surface area contributed by atoms with Crippen molar-refractivity contribution in [2.75, 3.05) is 6.61 Å². The van der Waals surface area contributed by atoms with Crippen LogP contribution in [0.15, 0.2) is 16.1 Å². The second-order valence-electron chi connectivity index (χ2n) is 2.46. The normalized spacial score (nSPS) is 12.8. The van der Waals surface area contributed by atoms with Gasteiger partial charge in [-0.15, -0.1) is 0 Å². The van der Waals surface area contributed by atoms with Crippen molar-refractivity contribution >= 4 is 23.4 Å². The number of aliphatic hydroxyl groups is 1. The van der Waals surface area contributed by atoms with E-state index in [0.29, 0.717) is 5.03 Å². The number of rotatable bonds is 3. The van der Waals surface area contributed by atoms with Gasteiger partial charge in [0.05, 0.1) is 12.9 Å². The summed E-state index contributed by atoms with van der Waals surface area (Å²) in [5.41, 5.74) is -0.357. The lowest BCUT2D eigenvalue weighted by atomic mass is 10.5. The molecule has 13 heavy (non-hydrogen) atoms. The van der Waals surface area contributed by atoms with Crippen molar-refractivity contribution in [1.82, 2.24) is 9.97 Å². The molecule has 1 atom stereocenters. The van der Waals surface area contributed by atoms with E-state index in [2.05, 4.69) is 9.97 Å². The molecular formula is C7H9ClN2O2S. The summed E-state index contributed by atoms with van der Waals surface area (Å²) in [4.78, 5) is 17.3. The second-order valence-corrected chi connectivity index (χ2v) is 4.27. The minimum Gasteiger partial charge on any atom is -0.395 e. The SMILES string of the molecule is CC(CO)Sc1nc[nH]c(=O)c1Cl. The molecule has 1 unspecified atom stereocenters. The van der Waals surface area contributed by atoms with E-state index < -0.39 is 0 Å². The summed E-state index contributed by atoms with van der Waals surface area (Å²) in [6, 6.07) is 0. The van der Waals surface area contributed by atoms with Crippen LogP contribution >= 0.6 is 23.4 Å². The molecule has 0 spiro atoms. The highest BCUT2D eigenvalue weighted by Gasteiger charge is 2.09. The van der Waals surface area contributed by atoms with Gasteiger partial charge in [-0.1, -0.05) is 30.3 Å². The van der Waals surface area contributed by atoms with E-state index in [0.717, 1.165) is 0 Å². The van der Waals surface area contributed by atoms with Gasteiger partial charge < -0.3 is 10.1 Å². The van der Waals surface area contributed by atoms with Gasteiger partial charge in [0.25, 0.3) is 5.56 Å². The van der Waals surface area contributed by atoms with Gasteiger partial charge in [-0.3, -0.25) is 4.79 Å².